The highest BCUT2D eigenvalue weighted by atomic mass is 32.2. The lowest BCUT2D eigenvalue weighted by Crippen LogP contribution is -2.46. The molecule has 0 aromatic heterocycles. The van der Waals surface area contributed by atoms with Crippen LogP contribution < -0.4 is 5.32 Å². The van der Waals surface area contributed by atoms with Crippen molar-refractivity contribution in [1.29, 1.82) is 0 Å². The summed E-state index contributed by atoms with van der Waals surface area (Å²) >= 11 is 0. The first-order valence-corrected chi connectivity index (χ1v) is 7.00. The molecule has 0 fully saturated rings. The summed E-state index contributed by atoms with van der Waals surface area (Å²) in [6.45, 7) is 6.17. The van der Waals surface area contributed by atoms with Gasteiger partial charge in [-0.1, -0.05) is 13.8 Å². The van der Waals surface area contributed by atoms with E-state index < -0.39 is 38.1 Å². The lowest BCUT2D eigenvalue weighted by atomic mass is 10.1. The summed E-state index contributed by atoms with van der Waals surface area (Å²) < 4.78 is 24.0. The molecule has 6 nitrogen and oxygen atoms in total. The first kappa shape index (κ1) is 15.9. The van der Waals surface area contributed by atoms with Crippen LogP contribution in [0.15, 0.2) is 0 Å². The van der Waals surface area contributed by atoms with Gasteiger partial charge < -0.3 is 10.4 Å². The Morgan fingerprint density at radius 3 is 2.00 bits per heavy atom. The summed E-state index contributed by atoms with van der Waals surface area (Å²) in [5.74, 6) is -2.68. The molecule has 0 aromatic rings. The molecule has 0 rings (SSSR count). The fraction of sp³-hybridized carbons (Fsp3) is 0.800. The van der Waals surface area contributed by atoms with Gasteiger partial charge >= 0.3 is 5.97 Å². The molecule has 7 heteroatoms. The third kappa shape index (κ3) is 3.69. The summed E-state index contributed by atoms with van der Waals surface area (Å²) in [6.07, 6.45) is 0. The number of carbonyl (C=O) groups excluding carboxylic acids is 1. The number of carbonyl (C=O) groups is 2. The maximum absolute atomic E-state index is 12.0. The number of carboxylic acid groups (broad SMARTS) is 1. The van der Waals surface area contributed by atoms with E-state index in [0.29, 0.717) is 6.54 Å². The molecule has 0 heterocycles. The average molecular weight is 265 g/mol. The monoisotopic (exact) mass is 265 g/mol. The summed E-state index contributed by atoms with van der Waals surface area (Å²) in [4.78, 5) is 22.4. The molecule has 2 unspecified atom stereocenters. The van der Waals surface area contributed by atoms with Crippen LogP contribution in [-0.2, 0) is 19.4 Å². The molecule has 2 N–H and O–H groups in total. The molecule has 0 aliphatic rings. The third-order valence-corrected chi connectivity index (χ3v) is 5.07. The van der Waals surface area contributed by atoms with E-state index in [1.165, 1.54) is 20.8 Å². The lowest BCUT2D eigenvalue weighted by molar-refractivity contribution is -0.137. The molecular formula is C10H19NO5S. The number of sulfone groups is 1. The zero-order chi connectivity index (χ0) is 13.8. The molecule has 0 saturated carbocycles. The standard InChI is InChI=1S/C10H19NO5S/c1-5-11-9(12)7(4)17(15,16)8(6(2)3)10(13)14/h6-8H,5H2,1-4H3,(H,11,12)(H,13,14). The average Bonchev–Trinajstić information content (AvgIpc) is 2.14. The second kappa shape index (κ2) is 6.00. The minimum atomic E-state index is -4.03. The van der Waals surface area contributed by atoms with Crippen molar-refractivity contribution in [3.8, 4) is 0 Å². The van der Waals surface area contributed by atoms with Gasteiger partial charge in [0.2, 0.25) is 5.91 Å². The minimum Gasteiger partial charge on any atom is -0.480 e. The van der Waals surface area contributed by atoms with Crippen LogP contribution in [0.4, 0.5) is 0 Å². The van der Waals surface area contributed by atoms with Crippen molar-refractivity contribution in [1.82, 2.24) is 5.32 Å². The molecule has 17 heavy (non-hydrogen) atoms. The van der Waals surface area contributed by atoms with Gasteiger partial charge in [-0.3, -0.25) is 9.59 Å². The Hall–Kier alpha value is -1.11. The summed E-state index contributed by atoms with van der Waals surface area (Å²) in [5, 5.41) is 8.39. The van der Waals surface area contributed by atoms with Crippen LogP contribution in [0.3, 0.4) is 0 Å². The number of carboxylic acids is 1. The molecule has 0 aliphatic heterocycles. The summed E-state index contributed by atoms with van der Waals surface area (Å²) in [6, 6.07) is 0. The molecule has 0 radical (unpaired) electrons. The molecule has 0 spiro atoms. The molecule has 0 aromatic carbocycles. The van der Waals surface area contributed by atoms with Gasteiger partial charge in [0.25, 0.3) is 0 Å². The van der Waals surface area contributed by atoms with Crippen molar-refractivity contribution in [3.63, 3.8) is 0 Å². The highest BCUT2D eigenvalue weighted by Gasteiger charge is 2.41. The van der Waals surface area contributed by atoms with E-state index in [2.05, 4.69) is 5.32 Å². The van der Waals surface area contributed by atoms with E-state index in [1.54, 1.807) is 6.92 Å². The normalized spacial score (nSPS) is 15.4. The first-order chi connectivity index (χ1) is 7.66. The van der Waals surface area contributed by atoms with Crippen LogP contribution in [0.5, 0.6) is 0 Å². The van der Waals surface area contributed by atoms with Crippen LogP contribution in [-0.4, -0.2) is 42.4 Å². The Balaban J connectivity index is 5.24. The van der Waals surface area contributed by atoms with Gasteiger partial charge in [-0.15, -0.1) is 0 Å². The smallest absolute Gasteiger partial charge is 0.322 e. The van der Waals surface area contributed by atoms with Crippen molar-refractivity contribution in [2.24, 2.45) is 5.92 Å². The third-order valence-electron chi connectivity index (χ3n) is 2.42. The second-order valence-corrected chi connectivity index (χ2v) is 6.52. The topological polar surface area (TPSA) is 101 Å². The van der Waals surface area contributed by atoms with Gasteiger partial charge in [-0.2, -0.15) is 0 Å². The van der Waals surface area contributed by atoms with E-state index in [0.717, 1.165) is 0 Å². The van der Waals surface area contributed by atoms with Gasteiger partial charge in [0.1, 0.15) is 5.25 Å². The quantitative estimate of drug-likeness (QED) is 0.706. The molecule has 0 bridgehead atoms. The van der Waals surface area contributed by atoms with Gasteiger partial charge in [0.05, 0.1) is 0 Å². The van der Waals surface area contributed by atoms with E-state index in [-0.39, 0.29) is 0 Å². The Morgan fingerprint density at radius 2 is 1.71 bits per heavy atom. The van der Waals surface area contributed by atoms with Crippen molar-refractivity contribution in [3.05, 3.63) is 0 Å². The number of nitrogens with one attached hydrogen (secondary N) is 1. The van der Waals surface area contributed by atoms with Crippen LogP contribution in [0, 0.1) is 5.92 Å². The van der Waals surface area contributed by atoms with E-state index in [4.69, 9.17) is 5.11 Å². The second-order valence-electron chi connectivity index (χ2n) is 4.13. The summed E-state index contributed by atoms with van der Waals surface area (Å²) in [7, 11) is -4.03. The van der Waals surface area contributed by atoms with E-state index in [1.807, 2.05) is 0 Å². The zero-order valence-corrected chi connectivity index (χ0v) is 11.2. The largest absolute Gasteiger partial charge is 0.480 e. The first-order valence-electron chi connectivity index (χ1n) is 5.39. The van der Waals surface area contributed by atoms with Crippen LogP contribution in [0.25, 0.3) is 0 Å². The fourth-order valence-corrected chi connectivity index (χ4v) is 3.35. The summed E-state index contributed by atoms with van der Waals surface area (Å²) in [5.41, 5.74) is 0. The van der Waals surface area contributed by atoms with Crippen LogP contribution in [0.2, 0.25) is 0 Å². The maximum Gasteiger partial charge on any atom is 0.322 e. The molecular weight excluding hydrogens is 246 g/mol. The molecule has 100 valence electrons. The van der Waals surface area contributed by atoms with Crippen molar-refractivity contribution in [2.75, 3.05) is 6.54 Å². The van der Waals surface area contributed by atoms with Gasteiger partial charge in [0.15, 0.2) is 15.1 Å². The lowest BCUT2D eigenvalue weighted by Gasteiger charge is -2.20. The predicted octanol–water partition coefficient (Wildman–Crippen LogP) is 0.0350. The maximum atomic E-state index is 12.0. The minimum absolute atomic E-state index is 0.304. The predicted molar refractivity (Wildman–Crippen MR) is 63.3 cm³/mol. The number of rotatable bonds is 6. The molecule has 1 amide bonds. The highest BCUT2D eigenvalue weighted by Crippen LogP contribution is 2.18. The van der Waals surface area contributed by atoms with Crippen molar-refractivity contribution < 1.29 is 23.1 Å². The van der Waals surface area contributed by atoms with Gasteiger partial charge in [0, 0.05) is 6.54 Å². The highest BCUT2D eigenvalue weighted by molar-refractivity contribution is 7.94. The Bertz CT molecular complexity index is 388. The SMILES string of the molecule is CCNC(=O)C(C)S(=O)(=O)C(C(=O)O)C(C)C. The van der Waals surface area contributed by atoms with E-state index >= 15 is 0 Å². The van der Waals surface area contributed by atoms with Crippen molar-refractivity contribution >= 4 is 21.7 Å². The molecule has 0 aliphatic carbocycles. The Labute approximate surface area is 101 Å². The Kier molecular flexibility index (Phi) is 5.60. The fourth-order valence-electron chi connectivity index (χ4n) is 1.49. The van der Waals surface area contributed by atoms with E-state index in [9.17, 15) is 18.0 Å². The molecule has 0 saturated heterocycles. The van der Waals surface area contributed by atoms with Crippen LogP contribution >= 0.6 is 0 Å². The number of hydrogen-bond acceptors (Lipinski definition) is 4. The molecule has 2 atom stereocenters. The van der Waals surface area contributed by atoms with Crippen molar-refractivity contribution in [2.45, 2.75) is 38.2 Å². The number of aliphatic carboxylic acids is 1. The van der Waals surface area contributed by atoms with Gasteiger partial charge in [-0.25, -0.2) is 8.42 Å². The van der Waals surface area contributed by atoms with Crippen LogP contribution in [0.1, 0.15) is 27.7 Å². The number of hydrogen-bond donors (Lipinski definition) is 2. The Morgan fingerprint density at radius 1 is 1.24 bits per heavy atom. The van der Waals surface area contributed by atoms with Gasteiger partial charge in [-0.05, 0) is 19.8 Å². The zero-order valence-electron chi connectivity index (χ0n) is 10.4. The number of amides is 1.